The van der Waals surface area contributed by atoms with Crippen LogP contribution in [0, 0.1) is 62.1 Å². The fourth-order valence-electron chi connectivity index (χ4n) is 12.5. The molecule has 1 spiro atoms. The van der Waals surface area contributed by atoms with E-state index < -0.39 is 29.1 Å². The highest BCUT2D eigenvalue weighted by Crippen LogP contribution is 2.76. The molecular weight excluding hydrogens is 536 g/mol. The number of unbranched alkanes of at least 4 members (excludes halogenated alkanes) is 3. The summed E-state index contributed by atoms with van der Waals surface area (Å²) in [5.74, 6) is 6.42. The highest BCUT2D eigenvalue weighted by molar-refractivity contribution is 5.95. The van der Waals surface area contributed by atoms with Crippen LogP contribution in [0.5, 0.6) is 0 Å². The topological polar surface area (TPSA) is 98.0 Å². The summed E-state index contributed by atoms with van der Waals surface area (Å²) in [6, 6.07) is 0. The summed E-state index contributed by atoms with van der Waals surface area (Å²) >= 11 is 0. The summed E-state index contributed by atoms with van der Waals surface area (Å²) in [6.07, 6.45) is 13.4. The monoisotopic (exact) mass is 594 g/mol. The molecule has 4 fully saturated rings. The maximum absolute atomic E-state index is 14.9. The Labute approximate surface area is 260 Å². The lowest BCUT2D eigenvalue weighted by Crippen LogP contribution is -2.70. The second kappa shape index (κ2) is 10.7. The van der Waals surface area contributed by atoms with Crippen molar-refractivity contribution in [1.29, 1.82) is 0 Å². The zero-order valence-corrected chi connectivity index (χ0v) is 27.6. The molecule has 240 valence electrons. The van der Waals surface area contributed by atoms with Crippen LogP contribution in [-0.4, -0.2) is 51.1 Å². The molecule has 7 aliphatic rings. The highest BCUT2D eigenvalue weighted by atomic mass is 16.3. The molecule has 0 heterocycles. The molecule has 5 nitrogen and oxygen atoms in total. The van der Waals surface area contributed by atoms with Crippen molar-refractivity contribution in [3.8, 4) is 11.8 Å². The average Bonchev–Trinajstić information content (AvgIpc) is 3.06. The molecule has 7 rings (SSSR count). The van der Waals surface area contributed by atoms with Gasteiger partial charge in [-0.1, -0.05) is 71.8 Å². The van der Waals surface area contributed by atoms with Crippen molar-refractivity contribution in [1.82, 2.24) is 0 Å². The highest BCUT2D eigenvalue weighted by Gasteiger charge is 2.73. The number of ketones is 1. The first-order valence-corrected chi connectivity index (χ1v) is 17.7. The van der Waals surface area contributed by atoms with Gasteiger partial charge in [-0.2, -0.15) is 0 Å². The molecule has 0 amide bonds. The van der Waals surface area contributed by atoms with Gasteiger partial charge < -0.3 is 20.4 Å². The third kappa shape index (κ3) is 4.21. The molecule has 0 unspecified atom stereocenters. The van der Waals surface area contributed by atoms with Gasteiger partial charge in [-0.3, -0.25) is 4.79 Å². The molecule has 2 bridgehead atoms. The van der Waals surface area contributed by atoms with Gasteiger partial charge in [0, 0.05) is 23.2 Å². The average molecular weight is 595 g/mol. The molecule has 5 heteroatoms. The van der Waals surface area contributed by atoms with Gasteiger partial charge in [0.1, 0.15) is 6.10 Å². The maximum Gasteiger partial charge on any atom is 0.159 e. The largest absolute Gasteiger partial charge is 0.396 e. The molecule has 7 aliphatic carbocycles. The van der Waals surface area contributed by atoms with E-state index in [1.807, 2.05) is 6.08 Å². The standard InChI is InChI=1S/C38H58O5/c1-6-7-8-10-16-37-18-14-29(41)34(3,24-39)28(37)13-17-35(4)32(37)27(40)21-25-26-22-33(2)15-11-9-12-30(42)38(26,20-19-33)31(43)23-36(25,35)5/h21,26,28-32,39,41-43H,6-8,10-11,13-20,22-24H2,1-5H3/t26-,28-,29+,30-,31+,32+,33+,34+,35-,36-,37+,38+/m1/s1. The number of aliphatic hydroxyl groups excluding tert-OH is 4. The lowest BCUT2D eigenvalue weighted by Gasteiger charge is -2.72. The number of carbonyl (C=O) groups is 1. The van der Waals surface area contributed by atoms with Crippen molar-refractivity contribution < 1.29 is 25.2 Å². The number of fused-ring (bicyclic) bond motifs is 9. The van der Waals surface area contributed by atoms with E-state index in [9.17, 15) is 25.2 Å². The molecule has 0 aromatic rings. The van der Waals surface area contributed by atoms with E-state index >= 15 is 0 Å². The number of aliphatic hydroxyl groups is 4. The lowest BCUT2D eigenvalue weighted by molar-refractivity contribution is -0.232. The number of allylic oxidation sites excluding steroid dienone is 2. The first-order chi connectivity index (χ1) is 20.3. The molecule has 43 heavy (non-hydrogen) atoms. The molecule has 0 aromatic carbocycles. The Morgan fingerprint density at radius 2 is 1.67 bits per heavy atom. The van der Waals surface area contributed by atoms with Gasteiger partial charge in [0.05, 0.1) is 18.8 Å². The van der Waals surface area contributed by atoms with Crippen LogP contribution in [0.15, 0.2) is 11.6 Å². The van der Waals surface area contributed by atoms with Crippen molar-refractivity contribution in [3.05, 3.63) is 11.6 Å². The van der Waals surface area contributed by atoms with Crippen molar-refractivity contribution in [2.75, 3.05) is 6.61 Å². The Hall–Kier alpha value is -1.19. The van der Waals surface area contributed by atoms with E-state index in [4.69, 9.17) is 0 Å². The van der Waals surface area contributed by atoms with Crippen molar-refractivity contribution in [2.45, 2.75) is 149 Å². The first-order valence-electron chi connectivity index (χ1n) is 17.7. The molecule has 0 saturated heterocycles. The molecular formula is C38H58O5. The van der Waals surface area contributed by atoms with Crippen molar-refractivity contribution in [3.63, 3.8) is 0 Å². The van der Waals surface area contributed by atoms with E-state index in [0.717, 1.165) is 77.0 Å². The van der Waals surface area contributed by atoms with Crippen LogP contribution < -0.4 is 0 Å². The fraction of sp³-hybridized carbons (Fsp3) is 0.868. The predicted molar refractivity (Wildman–Crippen MR) is 169 cm³/mol. The van der Waals surface area contributed by atoms with Crippen LogP contribution in [0.3, 0.4) is 0 Å². The lowest BCUT2D eigenvalue weighted by atomic mass is 9.32. The summed E-state index contributed by atoms with van der Waals surface area (Å²) < 4.78 is 0. The summed E-state index contributed by atoms with van der Waals surface area (Å²) in [5.41, 5.74) is -1.13. The number of hydrogen-bond acceptors (Lipinski definition) is 5. The Balaban J connectivity index is 1.50. The van der Waals surface area contributed by atoms with Gasteiger partial charge in [0.15, 0.2) is 5.78 Å². The minimum Gasteiger partial charge on any atom is -0.396 e. The number of rotatable bonds is 6. The minimum absolute atomic E-state index is 0.0632. The molecule has 0 radical (unpaired) electrons. The molecule has 12 atom stereocenters. The first kappa shape index (κ1) is 31.8. The Bertz CT molecular complexity index is 1210. The molecule has 4 saturated carbocycles. The minimum atomic E-state index is -0.896. The number of hydrogen-bond donors (Lipinski definition) is 4. The third-order valence-electron chi connectivity index (χ3n) is 15.3. The second-order valence-corrected chi connectivity index (χ2v) is 17.2. The van der Waals surface area contributed by atoms with Crippen LogP contribution in [0.2, 0.25) is 0 Å². The van der Waals surface area contributed by atoms with Gasteiger partial charge in [0.2, 0.25) is 0 Å². The van der Waals surface area contributed by atoms with E-state index in [2.05, 4.69) is 46.5 Å². The van der Waals surface area contributed by atoms with Crippen LogP contribution in [0.1, 0.15) is 131 Å². The van der Waals surface area contributed by atoms with Crippen LogP contribution in [0.4, 0.5) is 0 Å². The second-order valence-electron chi connectivity index (χ2n) is 17.2. The van der Waals surface area contributed by atoms with Gasteiger partial charge in [0.25, 0.3) is 0 Å². The van der Waals surface area contributed by atoms with Crippen molar-refractivity contribution >= 4 is 5.78 Å². The maximum atomic E-state index is 14.9. The summed E-state index contributed by atoms with van der Waals surface area (Å²) in [6.45, 7) is 11.3. The van der Waals surface area contributed by atoms with Crippen LogP contribution >= 0.6 is 0 Å². The summed E-state index contributed by atoms with van der Waals surface area (Å²) in [7, 11) is 0. The summed E-state index contributed by atoms with van der Waals surface area (Å²) in [4.78, 5) is 14.9. The Morgan fingerprint density at radius 3 is 2.40 bits per heavy atom. The van der Waals surface area contributed by atoms with Crippen LogP contribution in [-0.2, 0) is 4.79 Å². The predicted octanol–water partition coefficient (Wildman–Crippen LogP) is 6.36. The summed E-state index contributed by atoms with van der Waals surface area (Å²) in [5, 5.41) is 46.0. The molecule has 4 N–H and O–H groups in total. The third-order valence-corrected chi connectivity index (χ3v) is 15.3. The SMILES string of the molecule is CCCCCC[C@]12CC[C@H](O)[C@@](C)(CO)[C@H]1CC[C@]1(C)[C@@H]2C(=O)C=C2[C@H]3C[C@@]4(C)CCC#C[C@@H](O)[C@@]3(CC4)[C@@H](O)C[C@]21C. The van der Waals surface area contributed by atoms with Crippen LogP contribution in [0.25, 0.3) is 0 Å². The Morgan fingerprint density at radius 1 is 0.907 bits per heavy atom. The smallest absolute Gasteiger partial charge is 0.159 e. The van der Waals surface area contributed by atoms with E-state index in [1.54, 1.807) is 0 Å². The zero-order chi connectivity index (χ0) is 31.1. The quantitative estimate of drug-likeness (QED) is 0.212. The Kier molecular flexibility index (Phi) is 7.89. The van der Waals surface area contributed by atoms with Crippen molar-refractivity contribution in [2.24, 2.45) is 50.2 Å². The number of carbonyl (C=O) groups excluding carboxylic acids is 1. The van der Waals surface area contributed by atoms with Gasteiger partial charge >= 0.3 is 0 Å². The van der Waals surface area contributed by atoms with E-state index in [-0.39, 0.29) is 51.8 Å². The van der Waals surface area contributed by atoms with Gasteiger partial charge in [-0.25, -0.2) is 0 Å². The van der Waals surface area contributed by atoms with E-state index in [1.165, 1.54) is 12.0 Å². The molecule has 0 aliphatic heterocycles. The van der Waals surface area contributed by atoms with Gasteiger partial charge in [-0.15, -0.1) is 5.92 Å². The van der Waals surface area contributed by atoms with E-state index in [0.29, 0.717) is 12.8 Å². The fourth-order valence-corrected chi connectivity index (χ4v) is 12.5. The van der Waals surface area contributed by atoms with Gasteiger partial charge in [-0.05, 0) is 104 Å². The molecule has 0 aromatic heterocycles. The zero-order valence-electron chi connectivity index (χ0n) is 27.6. The normalized spacial score (nSPS) is 52.2.